The fraction of sp³-hybridized carbons (Fsp3) is 0.231. The van der Waals surface area contributed by atoms with Crippen molar-refractivity contribution in [3.8, 4) is 0 Å². The molecule has 0 saturated heterocycles. The Hall–Kier alpha value is -1.81. The van der Waals surface area contributed by atoms with Crippen LogP contribution >= 0.6 is 11.6 Å². The van der Waals surface area contributed by atoms with E-state index >= 15 is 0 Å². The van der Waals surface area contributed by atoms with Gasteiger partial charge >= 0.3 is 5.97 Å². The molecule has 0 aromatic heterocycles. The first-order chi connectivity index (χ1) is 8.56. The highest BCUT2D eigenvalue weighted by Crippen LogP contribution is 2.21. The van der Waals surface area contributed by atoms with Crippen molar-refractivity contribution >= 4 is 34.0 Å². The smallest absolute Gasteiger partial charge is 0.370 e. The third kappa shape index (κ3) is 3.89. The molecule has 0 fully saturated rings. The molecule has 5 heteroatoms. The molecule has 0 bridgehead atoms. The molecule has 0 aliphatic rings. The van der Waals surface area contributed by atoms with E-state index in [1.54, 1.807) is 6.92 Å². The number of nitrogens with one attached hydrogen (secondary N) is 1. The van der Waals surface area contributed by atoms with Gasteiger partial charge in [0.15, 0.2) is 0 Å². The summed E-state index contributed by atoms with van der Waals surface area (Å²) in [6.07, 6.45) is 0. The molecule has 0 amide bonds. The number of ether oxygens (including phenoxy) is 1. The number of halogens is 1. The third-order valence-electron chi connectivity index (χ3n) is 2.11. The quantitative estimate of drug-likeness (QED) is 0.506. The van der Waals surface area contributed by atoms with Gasteiger partial charge < -0.3 is 4.74 Å². The van der Waals surface area contributed by atoms with Gasteiger partial charge in [-0.3, -0.25) is 5.43 Å². The summed E-state index contributed by atoms with van der Waals surface area (Å²) >= 11 is 5.68. The van der Waals surface area contributed by atoms with Crippen LogP contribution in [0.5, 0.6) is 0 Å². The van der Waals surface area contributed by atoms with Gasteiger partial charge in [0.2, 0.25) is 5.17 Å². The number of carbonyl (C=O) groups excluding carboxylic acids is 1. The van der Waals surface area contributed by atoms with Crippen molar-refractivity contribution in [1.82, 2.24) is 0 Å². The van der Waals surface area contributed by atoms with Crippen molar-refractivity contribution < 1.29 is 9.53 Å². The lowest BCUT2D eigenvalue weighted by Crippen LogP contribution is -2.13. The van der Waals surface area contributed by atoms with Gasteiger partial charge in [0.25, 0.3) is 0 Å². The first-order valence-electron chi connectivity index (χ1n) is 5.47. The normalized spacial score (nSPS) is 10.9. The summed E-state index contributed by atoms with van der Waals surface area (Å²) in [7, 11) is 0. The summed E-state index contributed by atoms with van der Waals surface area (Å²) in [6.45, 7) is 7.71. The lowest BCUT2D eigenvalue weighted by Gasteiger charge is -2.08. The Balaban J connectivity index is 2.83. The second kappa shape index (κ2) is 6.81. The number of nitrogens with zero attached hydrogens (tertiary/aromatic N) is 1. The van der Waals surface area contributed by atoms with Gasteiger partial charge in [0.1, 0.15) is 0 Å². The zero-order valence-corrected chi connectivity index (χ0v) is 11.1. The van der Waals surface area contributed by atoms with Gasteiger partial charge in [-0.15, -0.1) is 0 Å². The molecular formula is C13H15ClN2O2. The molecule has 0 saturated carbocycles. The Morgan fingerprint density at radius 1 is 1.50 bits per heavy atom. The zero-order chi connectivity index (χ0) is 13.5. The Morgan fingerprint density at radius 2 is 2.17 bits per heavy atom. The monoisotopic (exact) mass is 266 g/mol. The summed E-state index contributed by atoms with van der Waals surface area (Å²) in [5.74, 6) is -0.653. The predicted molar refractivity (Wildman–Crippen MR) is 74.7 cm³/mol. The molecule has 0 heterocycles. The summed E-state index contributed by atoms with van der Waals surface area (Å²) in [4.78, 5) is 11.2. The number of hydrogen-bond donors (Lipinski definition) is 1. The van der Waals surface area contributed by atoms with Crippen molar-refractivity contribution in [2.45, 2.75) is 13.8 Å². The first kappa shape index (κ1) is 14.3. The standard InChI is InChI=1S/C13H15ClN2O2/c1-4-18-13(17)12(14)16-15-11-8-6-5-7-10(11)9(2)3/h5-8,15H,2,4H2,1,3H3/b16-12+. The van der Waals surface area contributed by atoms with Gasteiger partial charge in [-0.05, 0) is 25.5 Å². The van der Waals surface area contributed by atoms with Crippen LogP contribution < -0.4 is 5.43 Å². The Bertz CT molecular complexity index is 484. The summed E-state index contributed by atoms with van der Waals surface area (Å²) < 4.78 is 4.71. The van der Waals surface area contributed by atoms with Crippen LogP contribution in [0.1, 0.15) is 19.4 Å². The number of anilines is 1. The summed E-state index contributed by atoms with van der Waals surface area (Å²) in [5, 5.41) is 3.53. The van der Waals surface area contributed by atoms with Crippen molar-refractivity contribution in [2.24, 2.45) is 5.10 Å². The van der Waals surface area contributed by atoms with E-state index in [-0.39, 0.29) is 11.8 Å². The molecule has 0 spiro atoms. The summed E-state index contributed by atoms with van der Waals surface area (Å²) in [5.41, 5.74) is 5.26. The van der Waals surface area contributed by atoms with E-state index in [0.717, 1.165) is 16.8 Å². The molecule has 1 N–H and O–H groups in total. The maximum atomic E-state index is 11.2. The van der Waals surface area contributed by atoms with Crippen LogP contribution in [0.2, 0.25) is 0 Å². The molecule has 1 aromatic rings. The van der Waals surface area contributed by atoms with Crippen LogP contribution in [-0.2, 0) is 9.53 Å². The van der Waals surface area contributed by atoms with Crippen LogP contribution in [0.4, 0.5) is 5.69 Å². The molecule has 0 aliphatic carbocycles. The lowest BCUT2D eigenvalue weighted by atomic mass is 10.1. The minimum atomic E-state index is -0.653. The number of hydrazone groups is 1. The number of carbonyl (C=O) groups is 1. The van der Waals surface area contributed by atoms with Gasteiger partial charge in [-0.1, -0.05) is 36.4 Å². The van der Waals surface area contributed by atoms with Crippen LogP contribution in [0.15, 0.2) is 35.9 Å². The topological polar surface area (TPSA) is 50.7 Å². The second-order valence-corrected chi connectivity index (χ2v) is 3.92. The van der Waals surface area contributed by atoms with Crippen molar-refractivity contribution in [3.63, 3.8) is 0 Å². The van der Waals surface area contributed by atoms with Gasteiger partial charge in [0.05, 0.1) is 12.3 Å². The van der Waals surface area contributed by atoms with Crippen LogP contribution in [0.3, 0.4) is 0 Å². The van der Waals surface area contributed by atoms with Crippen molar-refractivity contribution in [1.29, 1.82) is 0 Å². The largest absolute Gasteiger partial charge is 0.461 e. The molecule has 18 heavy (non-hydrogen) atoms. The van der Waals surface area contributed by atoms with Gasteiger partial charge in [0, 0.05) is 5.56 Å². The number of esters is 1. The number of rotatable bonds is 5. The zero-order valence-electron chi connectivity index (χ0n) is 10.4. The minimum absolute atomic E-state index is 0.242. The highest BCUT2D eigenvalue weighted by Gasteiger charge is 2.09. The second-order valence-electron chi connectivity index (χ2n) is 3.56. The van der Waals surface area contributed by atoms with E-state index in [1.165, 1.54) is 0 Å². The van der Waals surface area contributed by atoms with Crippen LogP contribution in [-0.4, -0.2) is 17.7 Å². The Labute approximate surface area is 111 Å². The maximum Gasteiger partial charge on any atom is 0.370 e. The maximum absolute atomic E-state index is 11.2. The average molecular weight is 267 g/mol. The van der Waals surface area contributed by atoms with E-state index < -0.39 is 5.97 Å². The highest BCUT2D eigenvalue weighted by atomic mass is 35.5. The molecule has 0 atom stereocenters. The average Bonchev–Trinajstić information content (AvgIpc) is 2.36. The molecule has 1 aromatic carbocycles. The van der Waals surface area contributed by atoms with Crippen molar-refractivity contribution in [3.05, 3.63) is 36.4 Å². The SMILES string of the molecule is C=C(C)c1ccccc1N/N=C(/Cl)C(=O)OCC. The number of hydrogen-bond acceptors (Lipinski definition) is 4. The molecule has 4 nitrogen and oxygen atoms in total. The van der Waals surface area contributed by atoms with E-state index in [9.17, 15) is 4.79 Å². The Kier molecular flexibility index (Phi) is 5.39. The number of benzene rings is 1. The van der Waals surface area contributed by atoms with E-state index in [4.69, 9.17) is 16.3 Å². The highest BCUT2D eigenvalue weighted by molar-refractivity contribution is 6.82. The van der Waals surface area contributed by atoms with E-state index in [0.29, 0.717) is 0 Å². The minimum Gasteiger partial charge on any atom is -0.461 e. The lowest BCUT2D eigenvalue weighted by molar-refractivity contribution is -0.134. The molecule has 0 unspecified atom stereocenters. The van der Waals surface area contributed by atoms with Crippen LogP contribution in [0.25, 0.3) is 5.57 Å². The first-order valence-corrected chi connectivity index (χ1v) is 5.85. The molecule has 1 rings (SSSR count). The number of para-hydroxylation sites is 1. The fourth-order valence-electron chi connectivity index (χ4n) is 1.30. The van der Waals surface area contributed by atoms with E-state index in [2.05, 4.69) is 17.1 Å². The number of allylic oxidation sites excluding steroid dienone is 1. The van der Waals surface area contributed by atoms with Gasteiger partial charge in [-0.25, -0.2) is 4.79 Å². The van der Waals surface area contributed by atoms with E-state index in [1.807, 2.05) is 31.2 Å². The fourth-order valence-corrected chi connectivity index (χ4v) is 1.40. The van der Waals surface area contributed by atoms with Crippen molar-refractivity contribution in [2.75, 3.05) is 12.0 Å². The van der Waals surface area contributed by atoms with Crippen LogP contribution in [0, 0.1) is 0 Å². The van der Waals surface area contributed by atoms with Gasteiger partial charge in [-0.2, -0.15) is 5.10 Å². The molecule has 0 aliphatic heterocycles. The Morgan fingerprint density at radius 3 is 2.78 bits per heavy atom. The molecule has 0 radical (unpaired) electrons. The molecular weight excluding hydrogens is 252 g/mol. The summed E-state index contributed by atoms with van der Waals surface area (Å²) in [6, 6.07) is 7.47. The predicted octanol–water partition coefficient (Wildman–Crippen LogP) is 3.25. The molecule has 96 valence electrons. The third-order valence-corrected chi connectivity index (χ3v) is 2.34.